The number of nitrogens with one attached hydrogen (secondary N) is 1. The molecule has 2 fully saturated rings. The lowest BCUT2D eigenvalue weighted by atomic mass is 10.0. The smallest absolute Gasteiger partial charge is 0.243 e. The first-order valence-electron chi connectivity index (χ1n) is 11.7. The molecule has 1 amide bonds. The molecule has 3 rings (SSSR count). The molecule has 0 aliphatic carbocycles. The summed E-state index contributed by atoms with van der Waals surface area (Å²) in [6, 6.07) is 7.66. The lowest BCUT2D eigenvalue weighted by Crippen LogP contribution is -2.51. The number of amides is 1. The van der Waals surface area contributed by atoms with Crippen LogP contribution >= 0.6 is 0 Å². The van der Waals surface area contributed by atoms with E-state index < -0.39 is 10.0 Å². The minimum atomic E-state index is -3.46. The van der Waals surface area contributed by atoms with Crippen molar-refractivity contribution in [3.8, 4) is 0 Å². The van der Waals surface area contributed by atoms with Gasteiger partial charge in [-0.05, 0) is 64.8 Å². The highest BCUT2D eigenvalue weighted by molar-refractivity contribution is 7.89. The van der Waals surface area contributed by atoms with Crippen LogP contribution in [0.2, 0.25) is 0 Å². The molecule has 1 atom stereocenters. The highest BCUT2D eigenvalue weighted by Gasteiger charge is 2.29. The fraction of sp³-hybridized carbons (Fsp3) is 0.696. The van der Waals surface area contributed by atoms with Crippen LogP contribution in [0.1, 0.15) is 44.6 Å². The van der Waals surface area contributed by atoms with Crippen molar-refractivity contribution in [1.29, 1.82) is 0 Å². The maximum Gasteiger partial charge on any atom is 0.243 e. The molecule has 174 valence electrons. The number of sulfonamides is 1. The molecule has 7 nitrogen and oxygen atoms in total. The van der Waals surface area contributed by atoms with Gasteiger partial charge >= 0.3 is 0 Å². The zero-order chi connectivity index (χ0) is 22.3. The minimum Gasteiger partial charge on any atom is -0.355 e. The first kappa shape index (κ1) is 24.2. The number of unbranched alkanes of at least 4 members (excludes halogenated alkanes) is 1. The Morgan fingerprint density at radius 3 is 2.42 bits per heavy atom. The van der Waals surface area contributed by atoms with E-state index in [4.69, 9.17) is 0 Å². The highest BCUT2D eigenvalue weighted by atomic mass is 32.2. The summed E-state index contributed by atoms with van der Waals surface area (Å²) in [6.45, 7) is 9.60. The predicted molar refractivity (Wildman–Crippen MR) is 124 cm³/mol. The molecule has 8 heteroatoms. The summed E-state index contributed by atoms with van der Waals surface area (Å²) < 4.78 is 27.1. The van der Waals surface area contributed by atoms with Gasteiger partial charge in [0.15, 0.2) is 0 Å². The molecular weight excluding hydrogens is 412 g/mol. The van der Waals surface area contributed by atoms with Crippen LogP contribution in [-0.4, -0.2) is 86.8 Å². The molecule has 1 aromatic rings. The Hall–Kier alpha value is -1.48. The van der Waals surface area contributed by atoms with E-state index in [2.05, 4.69) is 17.1 Å². The van der Waals surface area contributed by atoms with Crippen molar-refractivity contribution in [3.05, 3.63) is 29.8 Å². The van der Waals surface area contributed by atoms with Gasteiger partial charge in [-0.25, -0.2) is 8.42 Å². The molecule has 0 bridgehead atoms. The molecular formula is C23H38N4O3S. The van der Waals surface area contributed by atoms with Crippen LogP contribution in [0.3, 0.4) is 0 Å². The maximum absolute atomic E-state index is 12.8. The molecule has 2 saturated heterocycles. The number of carbonyl (C=O) groups excluding carboxylic acids is 1. The largest absolute Gasteiger partial charge is 0.355 e. The fourth-order valence-corrected chi connectivity index (χ4v) is 5.83. The molecule has 31 heavy (non-hydrogen) atoms. The lowest BCUT2D eigenvalue weighted by molar-refractivity contribution is -0.122. The number of hydrogen-bond acceptors (Lipinski definition) is 5. The number of hydrogen-bond donors (Lipinski definition) is 1. The van der Waals surface area contributed by atoms with Crippen molar-refractivity contribution in [2.75, 3.05) is 52.4 Å². The molecule has 0 saturated carbocycles. The molecule has 1 N–H and O–H groups in total. The third kappa shape index (κ3) is 7.00. The molecule has 2 aliphatic rings. The van der Waals surface area contributed by atoms with Crippen molar-refractivity contribution in [2.24, 2.45) is 0 Å². The second-order valence-corrected chi connectivity index (χ2v) is 10.9. The van der Waals surface area contributed by atoms with Gasteiger partial charge in [0.1, 0.15) is 0 Å². The van der Waals surface area contributed by atoms with Crippen LogP contribution in [0, 0.1) is 6.92 Å². The van der Waals surface area contributed by atoms with E-state index in [0.717, 1.165) is 24.9 Å². The molecule has 0 radical (unpaired) electrons. The van der Waals surface area contributed by atoms with Crippen LogP contribution in [0.4, 0.5) is 0 Å². The Bertz CT molecular complexity index is 805. The van der Waals surface area contributed by atoms with Crippen LogP contribution in [0.5, 0.6) is 0 Å². The topological polar surface area (TPSA) is 73.0 Å². The number of piperazine rings is 1. The van der Waals surface area contributed by atoms with Crippen molar-refractivity contribution >= 4 is 15.9 Å². The Balaban J connectivity index is 1.32. The summed E-state index contributed by atoms with van der Waals surface area (Å²) in [7, 11) is -3.46. The number of aryl methyl sites for hydroxylation is 1. The fourth-order valence-electron chi connectivity index (χ4n) is 4.40. The van der Waals surface area contributed by atoms with Gasteiger partial charge in [-0.3, -0.25) is 9.69 Å². The van der Waals surface area contributed by atoms with E-state index in [-0.39, 0.29) is 5.91 Å². The van der Waals surface area contributed by atoms with Crippen molar-refractivity contribution < 1.29 is 13.2 Å². The van der Waals surface area contributed by atoms with Crippen LogP contribution in [0.15, 0.2) is 29.2 Å². The number of carbonyl (C=O) groups is 1. The highest BCUT2D eigenvalue weighted by Crippen LogP contribution is 2.18. The summed E-state index contributed by atoms with van der Waals surface area (Å²) in [5.74, 6) is 0.0289. The number of rotatable bonds is 9. The zero-order valence-corrected chi connectivity index (χ0v) is 19.9. The number of likely N-dealkylation sites (tertiary alicyclic amines) is 1. The Morgan fingerprint density at radius 1 is 1.03 bits per heavy atom. The van der Waals surface area contributed by atoms with E-state index in [1.807, 2.05) is 24.0 Å². The van der Waals surface area contributed by atoms with E-state index in [0.29, 0.717) is 50.2 Å². The molecule has 2 aliphatic heterocycles. The normalized spacial score (nSPS) is 21.8. The lowest BCUT2D eigenvalue weighted by Gasteiger charge is -2.33. The average Bonchev–Trinajstić information content (AvgIpc) is 2.75. The van der Waals surface area contributed by atoms with Gasteiger partial charge in [0.25, 0.3) is 0 Å². The van der Waals surface area contributed by atoms with Gasteiger partial charge in [-0.2, -0.15) is 4.31 Å². The standard InChI is InChI=1S/C23H38N4O3S/c1-20-8-10-22(11-9-20)31(29,30)27-17-15-25(16-18-27)19-23(28)24-12-4-6-14-26-13-5-3-7-21(26)2/h8-11,21H,3-7,12-19H2,1-2H3,(H,24,28). The second-order valence-electron chi connectivity index (χ2n) is 8.93. The van der Waals surface area contributed by atoms with Gasteiger partial charge in [0, 0.05) is 38.8 Å². The van der Waals surface area contributed by atoms with Gasteiger partial charge in [-0.1, -0.05) is 24.1 Å². The quantitative estimate of drug-likeness (QED) is 0.583. The summed E-state index contributed by atoms with van der Waals surface area (Å²) in [6.07, 6.45) is 6.06. The van der Waals surface area contributed by atoms with Crippen LogP contribution in [-0.2, 0) is 14.8 Å². The monoisotopic (exact) mass is 450 g/mol. The molecule has 1 aromatic carbocycles. The van der Waals surface area contributed by atoms with E-state index in [1.54, 1.807) is 12.1 Å². The van der Waals surface area contributed by atoms with Crippen LogP contribution in [0.25, 0.3) is 0 Å². The number of nitrogens with zero attached hydrogens (tertiary/aromatic N) is 3. The van der Waals surface area contributed by atoms with Crippen molar-refractivity contribution in [2.45, 2.75) is 56.9 Å². The Labute approximate surface area is 187 Å². The first-order chi connectivity index (χ1) is 14.9. The molecule has 2 heterocycles. The first-order valence-corrected chi connectivity index (χ1v) is 13.1. The maximum atomic E-state index is 12.8. The van der Waals surface area contributed by atoms with Crippen molar-refractivity contribution in [1.82, 2.24) is 19.4 Å². The van der Waals surface area contributed by atoms with E-state index >= 15 is 0 Å². The van der Waals surface area contributed by atoms with Gasteiger partial charge in [0.2, 0.25) is 15.9 Å². The third-order valence-corrected chi connectivity index (χ3v) is 8.40. The van der Waals surface area contributed by atoms with E-state index in [9.17, 15) is 13.2 Å². The third-order valence-electron chi connectivity index (χ3n) is 6.49. The SMILES string of the molecule is Cc1ccc(S(=O)(=O)N2CCN(CC(=O)NCCCCN3CCCCC3C)CC2)cc1. The van der Waals surface area contributed by atoms with E-state index in [1.165, 1.54) is 30.1 Å². The number of benzene rings is 1. The minimum absolute atomic E-state index is 0.0289. The average molecular weight is 451 g/mol. The Morgan fingerprint density at radius 2 is 1.74 bits per heavy atom. The second kappa shape index (κ2) is 11.4. The van der Waals surface area contributed by atoms with Gasteiger partial charge in [0.05, 0.1) is 11.4 Å². The number of piperidine rings is 1. The van der Waals surface area contributed by atoms with Gasteiger partial charge < -0.3 is 10.2 Å². The van der Waals surface area contributed by atoms with Crippen LogP contribution < -0.4 is 5.32 Å². The molecule has 0 aromatic heterocycles. The molecule has 1 unspecified atom stereocenters. The summed E-state index contributed by atoms with van der Waals surface area (Å²) >= 11 is 0. The zero-order valence-electron chi connectivity index (χ0n) is 19.1. The molecule has 0 spiro atoms. The van der Waals surface area contributed by atoms with Gasteiger partial charge in [-0.15, -0.1) is 0 Å². The summed E-state index contributed by atoms with van der Waals surface area (Å²) in [5.41, 5.74) is 1.04. The van der Waals surface area contributed by atoms with Crippen molar-refractivity contribution in [3.63, 3.8) is 0 Å². The summed E-state index contributed by atoms with van der Waals surface area (Å²) in [4.78, 5) is 17.2. The Kier molecular flexibility index (Phi) is 8.89. The summed E-state index contributed by atoms with van der Waals surface area (Å²) in [5, 5.41) is 3.02. The predicted octanol–water partition coefficient (Wildman–Crippen LogP) is 2.07.